The molecule has 0 saturated heterocycles. The summed E-state index contributed by atoms with van der Waals surface area (Å²) in [6.07, 6.45) is 3.86. The van der Waals surface area contributed by atoms with Crippen molar-refractivity contribution in [3.8, 4) is 0 Å². The highest BCUT2D eigenvalue weighted by Gasteiger charge is 2.32. The summed E-state index contributed by atoms with van der Waals surface area (Å²) in [4.78, 5) is 28.9. The van der Waals surface area contributed by atoms with E-state index in [0.717, 1.165) is 11.3 Å². The van der Waals surface area contributed by atoms with Crippen molar-refractivity contribution in [2.24, 2.45) is 5.10 Å². The number of amides is 1. The molecule has 0 fully saturated rings. The molecule has 7 nitrogen and oxygen atoms in total. The van der Waals surface area contributed by atoms with E-state index in [1.54, 1.807) is 31.2 Å². The zero-order chi connectivity index (χ0) is 24.0. The number of halogens is 1. The van der Waals surface area contributed by atoms with Crippen molar-refractivity contribution in [1.29, 1.82) is 0 Å². The van der Waals surface area contributed by atoms with E-state index < -0.39 is 0 Å². The highest BCUT2D eigenvalue weighted by atomic mass is 35.5. The number of oxazole rings is 1. The summed E-state index contributed by atoms with van der Waals surface area (Å²) in [7, 11) is 0. The highest BCUT2D eigenvalue weighted by molar-refractivity contribution is 6.48. The van der Waals surface area contributed by atoms with Crippen molar-refractivity contribution in [2.75, 3.05) is 16.5 Å². The van der Waals surface area contributed by atoms with Crippen LogP contribution < -0.4 is 26.4 Å². The maximum atomic E-state index is 13.4. The number of likely N-dealkylation sites (N-methyl/N-ethyl adjacent to an activating group) is 1. The Kier molecular flexibility index (Phi) is 5.49. The predicted octanol–water partition coefficient (Wildman–Crippen LogP) is 3.35. The molecule has 3 aromatic rings. The summed E-state index contributed by atoms with van der Waals surface area (Å²) in [5.74, 6) is -0.357. The zero-order valence-electron chi connectivity index (χ0n) is 19.1. The minimum atomic E-state index is -0.357. The minimum absolute atomic E-state index is 0.197. The molecule has 2 aliphatic heterocycles. The molecule has 0 atom stereocenters. The van der Waals surface area contributed by atoms with E-state index >= 15 is 0 Å². The van der Waals surface area contributed by atoms with Crippen LogP contribution in [-0.2, 0) is 11.3 Å². The first-order chi connectivity index (χ1) is 16.4. The van der Waals surface area contributed by atoms with E-state index in [1.165, 1.54) is 9.58 Å². The smallest absolute Gasteiger partial charge is 0.298 e. The van der Waals surface area contributed by atoms with E-state index in [0.29, 0.717) is 35.2 Å². The number of anilines is 2. The van der Waals surface area contributed by atoms with Crippen LogP contribution in [0.3, 0.4) is 0 Å². The molecule has 0 unspecified atom stereocenters. The third-order valence-corrected chi connectivity index (χ3v) is 6.24. The average molecular weight is 475 g/mol. The van der Waals surface area contributed by atoms with Crippen LogP contribution in [0.2, 0.25) is 5.02 Å². The monoisotopic (exact) mass is 474 g/mol. The third kappa shape index (κ3) is 3.40. The SMILES string of the molecule is CCN1C(=c2oc(=C3C(=O)N(c4ccc(Cl)cc4)N=C3C)n(CC)c2=O)C=Cc2ccccc21. The highest BCUT2D eigenvalue weighted by Crippen LogP contribution is 2.30. The largest absolute Gasteiger partial charge is 0.432 e. The Balaban J connectivity index is 1.73. The molecule has 0 spiro atoms. The molecule has 0 radical (unpaired) electrons. The van der Waals surface area contributed by atoms with E-state index in [9.17, 15) is 9.59 Å². The number of rotatable bonds is 3. The Morgan fingerprint density at radius 3 is 2.41 bits per heavy atom. The lowest BCUT2D eigenvalue weighted by molar-refractivity contribution is -0.113. The first-order valence-electron chi connectivity index (χ1n) is 11.1. The van der Waals surface area contributed by atoms with Gasteiger partial charge in [0, 0.05) is 23.8 Å². The van der Waals surface area contributed by atoms with E-state index in [1.807, 2.05) is 55.2 Å². The van der Waals surface area contributed by atoms with Gasteiger partial charge in [0.25, 0.3) is 11.5 Å². The van der Waals surface area contributed by atoms with Crippen LogP contribution in [0, 0.1) is 0 Å². The van der Waals surface area contributed by atoms with Gasteiger partial charge in [-0.3, -0.25) is 14.2 Å². The Hall–Kier alpha value is -3.84. The lowest BCUT2D eigenvalue weighted by Gasteiger charge is -2.28. The molecular formula is C26H23ClN4O3. The van der Waals surface area contributed by atoms with Gasteiger partial charge in [-0.2, -0.15) is 10.1 Å². The van der Waals surface area contributed by atoms with Gasteiger partial charge >= 0.3 is 0 Å². The Morgan fingerprint density at radius 2 is 1.71 bits per heavy atom. The van der Waals surface area contributed by atoms with Crippen LogP contribution in [-0.4, -0.2) is 22.7 Å². The van der Waals surface area contributed by atoms with Gasteiger partial charge in [-0.25, -0.2) is 0 Å². The van der Waals surface area contributed by atoms with Crippen LogP contribution >= 0.6 is 11.6 Å². The lowest BCUT2D eigenvalue weighted by atomic mass is 10.1. The lowest BCUT2D eigenvalue weighted by Crippen LogP contribution is -2.37. The van der Waals surface area contributed by atoms with Crippen molar-refractivity contribution in [2.45, 2.75) is 27.3 Å². The molecule has 0 bridgehead atoms. The van der Waals surface area contributed by atoms with Crippen LogP contribution in [0.1, 0.15) is 26.3 Å². The molecule has 172 valence electrons. The summed E-state index contributed by atoms with van der Waals surface area (Å²) in [6.45, 7) is 6.61. The molecule has 5 rings (SSSR count). The van der Waals surface area contributed by atoms with Gasteiger partial charge in [0.05, 0.1) is 17.1 Å². The van der Waals surface area contributed by atoms with Crippen molar-refractivity contribution >= 4 is 51.9 Å². The number of para-hydroxylation sites is 1. The minimum Gasteiger partial charge on any atom is -0.432 e. The number of hydrazone groups is 1. The van der Waals surface area contributed by atoms with Gasteiger partial charge in [-0.15, -0.1) is 0 Å². The van der Waals surface area contributed by atoms with Gasteiger partial charge in [0.1, 0.15) is 5.57 Å². The molecule has 0 saturated carbocycles. The summed E-state index contributed by atoms with van der Waals surface area (Å²) in [5.41, 5.74) is 4.18. The Labute approximate surface area is 201 Å². The first-order valence-corrected chi connectivity index (χ1v) is 11.5. The molecule has 0 N–H and O–H groups in total. The van der Waals surface area contributed by atoms with Crippen molar-refractivity contribution < 1.29 is 9.21 Å². The van der Waals surface area contributed by atoms with E-state index in [4.69, 9.17) is 16.0 Å². The van der Waals surface area contributed by atoms with Gasteiger partial charge < -0.3 is 9.32 Å². The molecule has 1 aromatic heterocycles. The summed E-state index contributed by atoms with van der Waals surface area (Å²) < 4.78 is 7.67. The predicted molar refractivity (Wildman–Crippen MR) is 135 cm³/mol. The molecule has 8 heteroatoms. The van der Waals surface area contributed by atoms with Gasteiger partial charge in [0.2, 0.25) is 11.0 Å². The molecule has 0 aliphatic carbocycles. The van der Waals surface area contributed by atoms with E-state index in [2.05, 4.69) is 5.10 Å². The molecule has 34 heavy (non-hydrogen) atoms. The van der Waals surface area contributed by atoms with Gasteiger partial charge in [-0.1, -0.05) is 35.9 Å². The summed E-state index contributed by atoms with van der Waals surface area (Å²) in [6, 6.07) is 14.8. The quantitative estimate of drug-likeness (QED) is 0.583. The molecule has 3 heterocycles. The molecule has 2 aliphatic rings. The number of nitrogens with zero attached hydrogens (tertiary/aromatic N) is 4. The number of benzene rings is 2. The van der Waals surface area contributed by atoms with Crippen LogP contribution in [0.4, 0.5) is 11.4 Å². The fourth-order valence-corrected chi connectivity index (χ4v) is 4.48. The van der Waals surface area contributed by atoms with Crippen LogP contribution in [0.5, 0.6) is 0 Å². The summed E-state index contributed by atoms with van der Waals surface area (Å²) >= 11 is 5.99. The van der Waals surface area contributed by atoms with Gasteiger partial charge in [0.15, 0.2) is 0 Å². The number of aromatic nitrogens is 1. The van der Waals surface area contributed by atoms with Crippen molar-refractivity contribution in [3.63, 3.8) is 0 Å². The fourth-order valence-electron chi connectivity index (χ4n) is 4.36. The first kappa shape index (κ1) is 22.0. The fraction of sp³-hybridized carbons (Fsp3) is 0.192. The zero-order valence-corrected chi connectivity index (χ0v) is 19.8. The second-order valence-corrected chi connectivity index (χ2v) is 8.40. The average Bonchev–Trinajstić information content (AvgIpc) is 3.33. The van der Waals surface area contributed by atoms with E-state index in [-0.39, 0.29) is 28.0 Å². The third-order valence-electron chi connectivity index (χ3n) is 5.99. The number of hydrogen-bond acceptors (Lipinski definition) is 5. The molecule has 2 aromatic carbocycles. The van der Waals surface area contributed by atoms with Crippen LogP contribution in [0.15, 0.2) is 68.9 Å². The molecule has 1 amide bonds. The van der Waals surface area contributed by atoms with Gasteiger partial charge in [-0.05, 0) is 62.7 Å². The van der Waals surface area contributed by atoms with Crippen molar-refractivity contribution in [3.05, 3.63) is 86.5 Å². The second kappa shape index (κ2) is 8.50. The number of fused-ring (bicyclic) bond motifs is 1. The number of hydrogen-bond donors (Lipinski definition) is 0. The standard InChI is InChI=1S/C26H23ClN4O3/c1-4-29-20-9-7-6-8-17(20)10-15-21(29)23-25(33)30(5-2)26(34-23)22-16(3)28-31(24(22)32)19-13-11-18(27)12-14-19/h6-15H,4-5H2,1-3H3. The van der Waals surface area contributed by atoms with Crippen LogP contribution in [0.25, 0.3) is 17.3 Å². The number of carbonyl (C=O) groups excluding carboxylic acids is 1. The van der Waals surface area contributed by atoms with Crippen molar-refractivity contribution in [1.82, 2.24) is 4.57 Å². The molecular weight excluding hydrogens is 452 g/mol. The summed E-state index contributed by atoms with van der Waals surface area (Å²) in [5, 5.41) is 6.30. The maximum Gasteiger partial charge on any atom is 0.298 e. The topological polar surface area (TPSA) is 71.1 Å². The maximum absolute atomic E-state index is 13.4. The Morgan fingerprint density at radius 1 is 0.971 bits per heavy atom. The second-order valence-electron chi connectivity index (χ2n) is 7.96. The number of carbonyl (C=O) groups is 1. The normalized spacial score (nSPS) is 18.5. The Bertz CT molecular complexity index is 1540.